The van der Waals surface area contributed by atoms with Crippen LogP contribution in [-0.4, -0.2) is 54.8 Å². The minimum absolute atomic E-state index is 0. The Kier molecular flexibility index (Phi) is 5.89. The third-order valence-electron chi connectivity index (χ3n) is 2.89. The van der Waals surface area contributed by atoms with Crippen LogP contribution in [0.5, 0.6) is 0 Å². The molecule has 0 aromatic carbocycles. The monoisotopic (exact) mass is 266 g/mol. The van der Waals surface area contributed by atoms with E-state index in [2.05, 4.69) is 5.32 Å². The largest absolute Gasteiger partial charge is 0.376 e. The van der Waals surface area contributed by atoms with Gasteiger partial charge in [-0.1, -0.05) is 0 Å². The van der Waals surface area contributed by atoms with Crippen molar-refractivity contribution >= 4 is 30.1 Å². The SMILES string of the molecule is CN(CC1CCCO1)C(=O)C1CSCN1.Cl. The van der Waals surface area contributed by atoms with E-state index in [1.807, 2.05) is 7.05 Å². The number of nitrogens with zero attached hydrogens (tertiary/aromatic N) is 1. The zero-order chi connectivity index (χ0) is 10.7. The second-order valence-electron chi connectivity index (χ2n) is 4.13. The second kappa shape index (κ2) is 6.69. The van der Waals surface area contributed by atoms with Gasteiger partial charge in [-0.05, 0) is 12.8 Å². The number of thioether (sulfide) groups is 1. The Morgan fingerprint density at radius 3 is 3.00 bits per heavy atom. The van der Waals surface area contributed by atoms with E-state index in [-0.39, 0.29) is 30.5 Å². The number of hydrogen-bond donors (Lipinski definition) is 1. The molecule has 1 N–H and O–H groups in total. The molecule has 2 aliphatic rings. The average Bonchev–Trinajstić information content (AvgIpc) is 2.88. The van der Waals surface area contributed by atoms with Crippen molar-refractivity contribution in [1.82, 2.24) is 10.2 Å². The van der Waals surface area contributed by atoms with E-state index in [0.29, 0.717) is 0 Å². The molecule has 2 unspecified atom stereocenters. The summed E-state index contributed by atoms with van der Waals surface area (Å²) in [5.74, 6) is 1.99. The maximum atomic E-state index is 11.9. The molecule has 1 amide bonds. The number of hydrogen-bond acceptors (Lipinski definition) is 4. The van der Waals surface area contributed by atoms with Crippen LogP contribution in [0.2, 0.25) is 0 Å². The van der Waals surface area contributed by atoms with Crippen LogP contribution in [0, 0.1) is 0 Å². The van der Waals surface area contributed by atoms with Gasteiger partial charge in [0.05, 0.1) is 12.1 Å². The molecule has 94 valence electrons. The number of amides is 1. The lowest BCUT2D eigenvalue weighted by atomic mass is 10.2. The Morgan fingerprint density at radius 2 is 2.44 bits per heavy atom. The van der Waals surface area contributed by atoms with Crippen molar-refractivity contribution in [2.45, 2.75) is 25.0 Å². The van der Waals surface area contributed by atoms with Crippen molar-refractivity contribution < 1.29 is 9.53 Å². The molecule has 0 aromatic heterocycles. The highest BCUT2D eigenvalue weighted by molar-refractivity contribution is 7.99. The predicted molar refractivity (Wildman–Crippen MR) is 68.1 cm³/mol. The smallest absolute Gasteiger partial charge is 0.240 e. The van der Waals surface area contributed by atoms with Gasteiger partial charge in [0, 0.05) is 31.8 Å². The summed E-state index contributed by atoms with van der Waals surface area (Å²) in [6, 6.07) is 0.0152. The third-order valence-corrected chi connectivity index (χ3v) is 3.83. The normalized spacial score (nSPS) is 28.8. The Balaban J connectivity index is 0.00000128. The maximum absolute atomic E-state index is 11.9. The highest BCUT2D eigenvalue weighted by Gasteiger charge is 2.27. The fourth-order valence-electron chi connectivity index (χ4n) is 2.00. The van der Waals surface area contributed by atoms with Gasteiger partial charge in [-0.15, -0.1) is 24.2 Å². The molecule has 16 heavy (non-hydrogen) atoms. The first kappa shape index (κ1) is 14.1. The van der Waals surface area contributed by atoms with Gasteiger partial charge in [-0.3, -0.25) is 10.1 Å². The Labute approximate surface area is 107 Å². The standard InChI is InChI=1S/C10H18N2O2S.ClH/c1-12(5-8-3-2-4-14-8)10(13)9-6-15-7-11-9;/h8-9,11H,2-7H2,1H3;1H. The molecular weight excluding hydrogens is 248 g/mol. The summed E-state index contributed by atoms with van der Waals surface area (Å²) in [7, 11) is 1.87. The van der Waals surface area contributed by atoms with E-state index in [0.717, 1.165) is 37.6 Å². The summed E-state index contributed by atoms with van der Waals surface area (Å²) in [6.45, 7) is 1.59. The van der Waals surface area contributed by atoms with Crippen LogP contribution in [0.15, 0.2) is 0 Å². The molecular formula is C10H19ClN2O2S. The van der Waals surface area contributed by atoms with Crippen LogP contribution in [0.3, 0.4) is 0 Å². The average molecular weight is 267 g/mol. The fourth-order valence-corrected chi connectivity index (χ4v) is 2.94. The zero-order valence-corrected chi connectivity index (χ0v) is 11.1. The van der Waals surface area contributed by atoms with Gasteiger partial charge in [-0.25, -0.2) is 0 Å². The molecule has 2 fully saturated rings. The predicted octanol–water partition coefficient (Wildman–Crippen LogP) is 0.708. The van der Waals surface area contributed by atoms with Crippen molar-refractivity contribution in [3.63, 3.8) is 0 Å². The molecule has 2 rings (SSSR count). The topological polar surface area (TPSA) is 41.6 Å². The lowest BCUT2D eigenvalue weighted by Gasteiger charge is -2.23. The van der Waals surface area contributed by atoms with Crippen molar-refractivity contribution in [3.8, 4) is 0 Å². The van der Waals surface area contributed by atoms with E-state index in [1.54, 1.807) is 16.7 Å². The summed E-state index contributed by atoms with van der Waals surface area (Å²) in [5.41, 5.74) is 0. The number of carbonyl (C=O) groups excluding carboxylic acids is 1. The van der Waals surface area contributed by atoms with Crippen LogP contribution < -0.4 is 5.32 Å². The van der Waals surface area contributed by atoms with E-state index < -0.39 is 0 Å². The van der Waals surface area contributed by atoms with E-state index in [1.165, 1.54) is 0 Å². The summed E-state index contributed by atoms with van der Waals surface area (Å²) >= 11 is 1.78. The quantitative estimate of drug-likeness (QED) is 0.817. The molecule has 0 bridgehead atoms. The molecule has 2 aliphatic heterocycles. The van der Waals surface area contributed by atoms with Gasteiger partial charge in [0.2, 0.25) is 5.91 Å². The first-order chi connectivity index (χ1) is 7.27. The summed E-state index contributed by atoms with van der Waals surface area (Å²) in [6.07, 6.45) is 2.47. The number of halogens is 1. The number of likely N-dealkylation sites (N-methyl/N-ethyl adjacent to an activating group) is 1. The summed E-state index contributed by atoms with van der Waals surface area (Å²) in [4.78, 5) is 13.7. The minimum Gasteiger partial charge on any atom is -0.376 e. The van der Waals surface area contributed by atoms with E-state index >= 15 is 0 Å². The fraction of sp³-hybridized carbons (Fsp3) is 0.900. The molecule has 0 aromatic rings. The first-order valence-corrected chi connectivity index (χ1v) is 6.60. The van der Waals surface area contributed by atoms with Crippen molar-refractivity contribution in [3.05, 3.63) is 0 Å². The number of carbonyl (C=O) groups is 1. The maximum Gasteiger partial charge on any atom is 0.240 e. The van der Waals surface area contributed by atoms with Gasteiger partial charge < -0.3 is 9.64 Å². The van der Waals surface area contributed by atoms with Crippen LogP contribution in [-0.2, 0) is 9.53 Å². The van der Waals surface area contributed by atoms with Gasteiger partial charge in [0.1, 0.15) is 0 Å². The first-order valence-electron chi connectivity index (χ1n) is 5.45. The van der Waals surface area contributed by atoms with Crippen LogP contribution in [0.4, 0.5) is 0 Å². The highest BCUT2D eigenvalue weighted by atomic mass is 35.5. The highest BCUT2D eigenvalue weighted by Crippen LogP contribution is 2.15. The molecule has 0 spiro atoms. The van der Waals surface area contributed by atoms with Crippen LogP contribution in [0.1, 0.15) is 12.8 Å². The molecule has 2 heterocycles. The molecule has 6 heteroatoms. The Hall–Kier alpha value is 0.0300. The minimum atomic E-state index is 0. The molecule has 0 radical (unpaired) electrons. The summed E-state index contributed by atoms with van der Waals surface area (Å²) in [5, 5.41) is 3.19. The third kappa shape index (κ3) is 3.52. The van der Waals surface area contributed by atoms with Gasteiger partial charge in [0.25, 0.3) is 0 Å². The van der Waals surface area contributed by atoms with E-state index in [4.69, 9.17) is 4.74 Å². The Morgan fingerprint density at radius 1 is 1.62 bits per heavy atom. The van der Waals surface area contributed by atoms with Crippen molar-refractivity contribution in [2.24, 2.45) is 0 Å². The van der Waals surface area contributed by atoms with Gasteiger partial charge in [0.15, 0.2) is 0 Å². The molecule has 0 saturated carbocycles. The van der Waals surface area contributed by atoms with Crippen molar-refractivity contribution in [1.29, 1.82) is 0 Å². The molecule has 2 saturated heterocycles. The number of nitrogens with one attached hydrogen (secondary N) is 1. The van der Waals surface area contributed by atoms with E-state index in [9.17, 15) is 4.79 Å². The molecule has 4 nitrogen and oxygen atoms in total. The molecule has 0 aliphatic carbocycles. The lowest BCUT2D eigenvalue weighted by molar-refractivity contribution is -0.132. The number of rotatable bonds is 3. The van der Waals surface area contributed by atoms with Crippen LogP contribution in [0.25, 0.3) is 0 Å². The summed E-state index contributed by atoms with van der Waals surface area (Å²) < 4.78 is 5.52. The molecule has 2 atom stereocenters. The van der Waals surface area contributed by atoms with Gasteiger partial charge in [-0.2, -0.15) is 0 Å². The lowest BCUT2D eigenvalue weighted by Crippen LogP contribution is -2.45. The van der Waals surface area contributed by atoms with Gasteiger partial charge >= 0.3 is 0 Å². The second-order valence-corrected chi connectivity index (χ2v) is 5.16. The zero-order valence-electron chi connectivity index (χ0n) is 9.48. The number of ether oxygens (including phenoxy) is 1. The van der Waals surface area contributed by atoms with Crippen LogP contribution >= 0.6 is 24.2 Å². The van der Waals surface area contributed by atoms with Crippen molar-refractivity contribution in [2.75, 3.05) is 31.8 Å². The Bertz CT molecular complexity index is 231.